The standard InChI is InChI=1S/C24H23BrN2O2/c1-17-3-4-18(2)21(13-17)14-24(28)27-26-15-19-7-11-23(12-8-19)29-16-20-5-9-22(25)10-6-20/h3-13,15H,14,16H2,1-2H3,(H,27,28)/b26-15+. The fraction of sp³-hybridized carbons (Fsp3) is 0.167. The van der Waals surface area contributed by atoms with Crippen molar-refractivity contribution in [2.75, 3.05) is 0 Å². The van der Waals surface area contributed by atoms with Crippen LogP contribution in [0.3, 0.4) is 0 Å². The Balaban J connectivity index is 1.48. The lowest BCUT2D eigenvalue weighted by Crippen LogP contribution is -2.20. The van der Waals surface area contributed by atoms with Crippen LogP contribution in [-0.2, 0) is 17.8 Å². The van der Waals surface area contributed by atoms with E-state index in [0.29, 0.717) is 13.0 Å². The highest BCUT2D eigenvalue weighted by molar-refractivity contribution is 9.10. The average molecular weight is 451 g/mol. The highest BCUT2D eigenvalue weighted by atomic mass is 79.9. The Morgan fingerprint density at radius 1 is 1.03 bits per heavy atom. The van der Waals surface area contributed by atoms with E-state index in [1.54, 1.807) is 6.21 Å². The zero-order chi connectivity index (χ0) is 20.6. The summed E-state index contributed by atoms with van der Waals surface area (Å²) < 4.78 is 6.83. The first-order valence-electron chi connectivity index (χ1n) is 9.35. The summed E-state index contributed by atoms with van der Waals surface area (Å²) in [5.74, 6) is 0.647. The van der Waals surface area contributed by atoms with E-state index < -0.39 is 0 Å². The molecule has 29 heavy (non-hydrogen) atoms. The molecule has 0 aliphatic heterocycles. The van der Waals surface area contributed by atoms with Crippen LogP contribution in [0.15, 0.2) is 76.3 Å². The maximum absolute atomic E-state index is 12.1. The minimum atomic E-state index is -0.135. The maximum atomic E-state index is 12.1. The minimum absolute atomic E-state index is 0.135. The summed E-state index contributed by atoms with van der Waals surface area (Å²) in [6, 6.07) is 21.7. The molecule has 1 N–H and O–H groups in total. The van der Waals surface area contributed by atoms with Crippen molar-refractivity contribution in [1.29, 1.82) is 0 Å². The quantitative estimate of drug-likeness (QED) is 0.390. The first kappa shape index (κ1) is 20.8. The van der Waals surface area contributed by atoms with Gasteiger partial charge in [-0.1, -0.05) is 51.8 Å². The van der Waals surface area contributed by atoms with Crippen molar-refractivity contribution < 1.29 is 9.53 Å². The molecule has 0 saturated heterocycles. The normalized spacial score (nSPS) is 10.9. The van der Waals surface area contributed by atoms with Crippen LogP contribution in [0.4, 0.5) is 0 Å². The van der Waals surface area contributed by atoms with Crippen molar-refractivity contribution in [3.05, 3.63) is 99.0 Å². The summed E-state index contributed by atoms with van der Waals surface area (Å²) in [5.41, 5.74) is 7.84. The Bertz CT molecular complexity index is 996. The molecule has 3 aromatic rings. The lowest BCUT2D eigenvalue weighted by molar-refractivity contribution is -0.120. The number of ether oxygens (including phenoxy) is 1. The van der Waals surface area contributed by atoms with E-state index in [1.807, 2.05) is 80.6 Å². The first-order valence-corrected chi connectivity index (χ1v) is 10.1. The van der Waals surface area contributed by atoms with Gasteiger partial charge in [0.2, 0.25) is 5.91 Å². The number of hydrazone groups is 1. The molecule has 148 valence electrons. The van der Waals surface area contributed by atoms with Gasteiger partial charge < -0.3 is 4.74 Å². The van der Waals surface area contributed by atoms with E-state index in [0.717, 1.165) is 38.0 Å². The number of amides is 1. The molecule has 3 aromatic carbocycles. The van der Waals surface area contributed by atoms with Gasteiger partial charge in [-0.25, -0.2) is 5.43 Å². The number of rotatable bonds is 7. The SMILES string of the molecule is Cc1ccc(C)c(CC(=O)N/N=C/c2ccc(OCc3ccc(Br)cc3)cc2)c1. The van der Waals surface area contributed by atoms with Gasteiger partial charge in [-0.2, -0.15) is 5.10 Å². The summed E-state index contributed by atoms with van der Waals surface area (Å²) in [7, 11) is 0. The van der Waals surface area contributed by atoms with Gasteiger partial charge in [0.25, 0.3) is 0 Å². The fourth-order valence-electron chi connectivity index (χ4n) is 2.78. The van der Waals surface area contributed by atoms with Crippen molar-refractivity contribution in [2.45, 2.75) is 26.9 Å². The molecule has 5 heteroatoms. The van der Waals surface area contributed by atoms with Crippen LogP contribution in [0.1, 0.15) is 27.8 Å². The summed E-state index contributed by atoms with van der Waals surface area (Å²) >= 11 is 3.42. The Labute approximate surface area is 179 Å². The van der Waals surface area contributed by atoms with Gasteiger partial charge in [-0.15, -0.1) is 0 Å². The van der Waals surface area contributed by atoms with Crippen molar-refractivity contribution >= 4 is 28.1 Å². The van der Waals surface area contributed by atoms with Gasteiger partial charge in [0, 0.05) is 4.47 Å². The Hall–Kier alpha value is -2.92. The highest BCUT2D eigenvalue weighted by Crippen LogP contribution is 2.15. The molecular weight excluding hydrogens is 428 g/mol. The second-order valence-corrected chi connectivity index (χ2v) is 7.80. The van der Waals surface area contributed by atoms with E-state index >= 15 is 0 Å². The zero-order valence-corrected chi connectivity index (χ0v) is 18.1. The zero-order valence-electron chi connectivity index (χ0n) is 16.5. The molecular formula is C24H23BrN2O2. The first-order chi connectivity index (χ1) is 14.0. The van der Waals surface area contributed by atoms with Crippen LogP contribution in [0.5, 0.6) is 5.75 Å². The lowest BCUT2D eigenvalue weighted by Gasteiger charge is -2.07. The van der Waals surface area contributed by atoms with Crippen LogP contribution < -0.4 is 10.2 Å². The van der Waals surface area contributed by atoms with Crippen molar-refractivity contribution in [1.82, 2.24) is 5.43 Å². The third kappa shape index (κ3) is 6.57. The van der Waals surface area contributed by atoms with Crippen LogP contribution in [-0.4, -0.2) is 12.1 Å². The number of halogens is 1. The number of aryl methyl sites for hydroxylation is 2. The highest BCUT2D eigenvalue weighted by Gasteiger charge is 2.05. The summed E-state index contributed by atoms with van der Waals surface area (Å²) in [4.78, 5) is 12.1. The molecule has 0 bridgehead atoms. The third-order valence-corrected chi connectivity index (χ3v) is 4.99. The van der Waals surface area contributed by atoms with Gasteiger partial charge in [-0.3, -0.25) is 4.79 Å². The molecule has 0 radical (unpaired) electrons. The molecule has 0 aliphatic carbocycles. The number of carbonyl (C=O) groups is 1. The number of hydrogen-bond acceptors (Lipinski definition) is 3. The molecule has 0 unspecified atom stereocenters. The van der Waals surface area contributed by atoms with Crippen LogP contribution >= 0.6 is 15.9 Å². The van der Waals surface area contributed by atoms with Gasteiger partial charge in [-0.05, 0) is 72.5 Å². The van der Waals surface area contributed by atoms with Crippen LogP contribution in [0.25, 0.3) is 0 Å². The predicted octanol–water partition coefficient (Wildman–Crippen LogP) is 5.34. The number of benzene rings is 3. The van der Waals surface area contributed by atoms with E-state index in [9.17, 15) is 4.79 Å². The molecule has 0 heterocycles. The molecule has 0 saturated carbocycles. The predicted molar refractivity (Wildman–Crippen MR) is 120 cm³/mol. The third-order valence-electron chi connectivity index (χ3n) is 4.46. The van der Waals surface area contributed by atoms with Crippen molar-refractivity contribution in [3.8, 4) is 5.75 Å². The van der Waals surface area contributed by atoms with Gasteiger partial charge >= 0.3 is 0 Å². The Kier molecular flexibility index (Phi) is 7.19. The summed E-state index contributed by atoms with van der Waals surface area (Å²) in [6.07, 6.45) is 1.94. The minimum Gasteiger partial charge on any atom is -0.489 e. The molecule has 0 atom stereocenters. The fourth-order valence-corrected chi connectivity index (χ4v) is 3.04. The Morgan fingerprint density at radius 3 is 2.48 bits per heavy atom. The van der Waals surface area contributed by atoms with Gasteiger partial charge in [0.05, 0.1) is 12.6 Å². The topological polar surface area (TPSA) is 50.7 Å². The van der Waals surface area contributed by atoms with E-state index in [4.69, 9.17) is 4.74 Å². The molecule has 0 aromatic heterocycles. The smallest absolute Gasteiger partial charge is 0.244 e. The average Bonchev–Trinajstić information content (AvgIpc) is 2.71. The largest absolute Gasteiger partial charge is 0.489 e. The molecule has 0 fully saturated rings. The second kappa shape index (κ2) is 10.0. The Morgan fingerprint density at radius 2 is 1.76 bits per heavy atom. The van der Waals surface area contributed by atoms with Crippen molar-refractivity contribution in [2.24, 2.45) is 5.10 Å². The van der Waals surface area contributed by atoms with E-state index in [-0.39, 0.29) is 5.91 Å². The maximum Gasteiger partial charge on any atom is 0.244 e. The molecule has 0 aliphatic rings. The van der Waals surface area contributed by atoms with E-state index in [2.05, 4.69) is 26.5 Å². The molecule has 0 spiro atoms. The number of nitrogens with zero attached hydrogens (tertiary/aromatic N) is 1. The molecule has 4 nitrogen and oxygen atoms in total. The lowest BCUT2D eigenvalue weighted by atomic mass is 10.0. The van der Waals surface area contributed by atoms with Crippen LogP contribution in [0.2, 0.25) is 0 Å². The van der Waals surface area contributed by atoms with Gasteiger partial charge in [0.1, 0.15) is 12.4 Å². The van der Waals surface area contributed by atoms with Crippen LogP contribution in [0, 0.1) is 13.8 Å². The summed E-state index contributed by atoms with van der Waals surface area (Å²) in [6.45, 7) is 4.53. The van der Waals surface area contributed by atoms with Crippen molar-refractivity contribution in [3.63, 3.8) is 0 Å². The molecule has 3 rings (SSSR count). The van der Waals surface area contributed by atoms with Gasteiger partial charge in [0.15, 0.2) is 0 Å². The summed E-state index contributed by atoms with van der Waals surface area (Å²) in [5, 5.41) is 4.05. The second-order valence-electron chi connectivity index (χ2n) is 6.88. The number of nitrogens with one attached hydrogen (secondary N) is 1. The molecule has 1 amide bonds. The number of carbonyl (C=O) groups excluding carboxylic acids is 1. The number of hydrogen-bond donors (Lipinski definition) is 1. The monoisotopic (exact) mass is 450 g/mol. The van der Waals surface area contributed by atoms with E-state index in [1.165, 1.54) is 0 Å².